The van der Waals surface area contributed by atoms with Crippen LogP contribution in [0.4, 0.5) is 0 Å². The van der Waals surface area contributed by atoms with Crippen LogP contribution < -0.4 is 5.32 Å². The Morgan fingerprint density at radius 3 is 1.21 bits per heavy atom. The molecule has 0 aromatic rings. The molecule has 3 atom stereocenters. The predicted molar refractivity (Wildman–Crippen MR) is 350 cm³/mol. The van der Waals surface area contributed by atoms with Gasteiger partial charge in [0.1, 0.15) is 19.3 Å². The lowest BCUT2D eigenvalue weighted by atomic mass is 10.1. The summed E-state index contributed by atoms with van der Waals surface area (Å²) < 4.78 is 30.7. The molecule has 0 radical (unpaired) electrons. The van der Waals surface area contributed by atoms with Gasteiger partial charge in [-0.1, -0.05) is 245 Å². The molecule has 1 amide bonds. The third-order valence-corrected chi connectivity index (χ3v) is 14.6. The van der Waals surface area contributed by atoms with E-state index < -0.39 is 20.0 Å². The second kappa shape index (κ2) is 59.3. The molecule has 0 saturated heterocycles. The van der Waals surface area contributed by atoms with Gasteiger partial charge in [-0.05, 0) is 128 Å². The first-order valence-electron chi connectivity index (χ1n) is 32.5. The Bertz CT molecular complexity index is 1850. The smallest absolute Gasteiger partial charge is 0.456 e. The molecule has 0 bridgehead atoms. The van der Waals surface area contributed by atoms with Crippen molar-refractivity contribution in [3.63, 3.8) is 0 Å². The molecule has 462 valence electrons. The fourth-order valence-electron chi connectivity index (χ4n) is 8.57. The first kappa shape index (κ1) is 77.2. The Morgan fingerprint density at radius 1 is 0.444 bits per heavy atom. The summed E-state index contributed by atoms with van der Waals surface area (Å²) in [5.74, 6) is -0.565. The van der Waals surface area contributed by atoms with Gasteiger partial charge >= 0.3 is 13.8 Å². The maximum atomic E-state index is 13.6. The number of nitrogens with zero attached hydrogens (tertiary/aromatic N) is 1. The summed E-state index contributed by atoms with van der Waals surface area (Å²) >= 11 is 0. The van der Waals surface area contributed by atoms with E-state index in [9.17, 15) is 19.0 Å². The largest absolute Gasteiger partial charge is 0.472 e. The molecular weight excluding hydrogens is 1020 g/mol. The van der Waals surface area contributed by atoms with Crippen LogP contribution in [0.15, 0.2) is 134 Å². The molecule has 0 spiro atoms. The van der Waals surface area contributed by atoms with E-state index in [1.807, 2.05) is 33.3 Å². The molecular formula is C71H122N2O7P+. The number of hydrogen-bond acceptors (Lipinski definition) is 6. The number of rotatable bonds is 57. The topological polar surface area (TPSA) is 111 Å². The van der Waals surface area contributed by atoms with Crippen molar-refractivity contribution in [1.82, 2.24) is 5.32 Å². The molecule has 0 aliphatic heterocycles. The molecule has 0 rings (SSSR count). The van der Waals surface area contributed by atoms with Gasteiger partial charge in [0, 0.05) is 12.8 Å². The van der Waals surface area contributed by atoms with E-state index in [0.29, 0.717) is 23.9 Å². The summed E-state index contributed by atoms with van der Waals surface area (Å²) in [5.41, 5.74) is 0. The minimum Gasteiger partial charge on any atom is -0.456 e. The maximum absolute atomic E-state index is 13.6. The van der Waals surface area contributed by atoms with E-state index in [1.54, 1.807) is 0 Å². The van der Waals surface area contributed by atoms with E-state index in [0.717, 1.165) is 141 Å². The molecule has 0 aliphatic rings. The van der Waals surface area contributed by atoms with Gasteiger partial charge in [-0.2, -0.15) is 0 Å². The lowest BCUT2D eigenvalue weighted by molar-refractivity contribution is -0.870. The lowest BCUT2D eigenvalue weighted by Crippen LogP contribution is -2.47. The number of carbonyl (C=O) groups excluding carboxylic acids is 2. The van der Waals surface area contributed by atoms with E-state index in [1.165, 1.54) is 70.6 Å². The van der Waals surface area contributed by atoms with Crippen molar-refractivity contribution in [3.05, 3.63) is 134 Å². The standard InChI is InChI=1S/C71H121N2O7P/c1-7-10-13-16-19-22-25-27-29-31-33-35-36-38-40-42-44-46-49-52-55-58-61-64-71(75)80-69(62-59-56-53-50-47-24-21-18-15-12-9-3)68(67-79-81(76,77)78-66-65-73(4,5)6)72-70(74)63-60-57-54-51-48-45-43-41-39-37-34-32-30-28-26-23-20-17-14-11-8-2/h10,13,19-20,22-23,27-30,33-35,37-38,40-41,43-44,46,59,62,68-69H,7-9,11-12,14-18,21,24-26,31-32,36,39,42,45,47-58,60-61,63-67H2,1-6H3,(H-,72,74,76,77)/p+1/b13-10-,22-19-,23-20-,29-27-,30-28-,35-33-,37-34-,40-38-,43-41-,46-44-,62-59+. The van der Waals surface area contributed by atoms with Crippen molar-refractivity contribution in [2.24, 2.45) is 0 Å². The number of quaternary nitrogens is 1. The van der Waals surface area contributed by atoms with Gasteiger partial charge in [0.15, 0.2) is 0 Å². The molecule has 10 heteroatoms. The predicted octanol–water partition coefficient (Wildman–Crippen LogP) is 20.4. The van der Waals surface area contributed by atoms with Crippen LogP contribution in [0.25, 0.3) is 0 Å². The van der Waals surface area contributed by atoms with Crippen molar-refractivity contribution in [3.8, 4) is 0 Å². The first-order chi connectivity index (χ1) is 39.4. The highest BCUT2D eigenvalue weighted by atomic mass is 31.2. The molecule has 0 aromatic carbocycles. The van der Waals surface area contributed by atoms with Crippen molar-refractivity contribution in [1.29, 1.82) is 0 Å². The number of ether oxygens (including phenoxy) is 1. The fraction of sp³-hybridized carbons (Fsp3) is 0.662. The van der Waals surface area contributed by atoms with Crippen molar-refractivity contribution in [2.45, 2.75) is 264 Å². The van der Waals surface area contributed by atoms with Crippen LogP contribution in [0.1, 0.15) is 252 Å². The molecule has 0 aliphatic carbocycles. The summed E-state index contributed by atoms with van der Waals surface area (Å²) in [7, 11) is 1.45. The third-order valence-electron chi connectivity index (χ3n) is 13.6. The average Bonchev–Trinajstić information content (AvgIpc) is 3.44. The average molecular weight is 1150 g/mol. The Balaban J connectivity index is 5.27. The number of hydrogen-bond donors (Lipinski definition) is 2. The zero-order chi connectivity index (χ0) is 59.3. The Labute approximate surface area is 498 Å². The number of likely N-dealkylation sites (N-methyl/N-ethyl adjacent to an activating group) is 1. The number of unbranched alkanes of at least 4 members (excludes halogenated alkanes) is 21. The van der Waals surface area contributed by atoms with Crippen molar-refractivity contribution < 1.29 is 37.3 Å². The molecule has 0 saturated carbocycles. The Morgan fingerprint density at radius 2 is 0.790 bits per heavy atom. The van der Waals surface area contributed by atoms with Crippen LogP contribution in [0.3, 0.4) is 0 Å². The normalized spacial score (nSPS) is 14.5. The van der Waals surface area contributed by atoms with Gasteiger partial charge in [0.25, 0.3) is 0 Å². The highest BCUT2D eigenvalue weighted by molar-refractivity contribution is 7.47. The minimum absolute atomic E-state index is 0.0241. The third kappa shape index (κ3) is 60.6. The van der Waals surface area contributed by atoms with E-state index in [4.69, 9.17) is 13.8 Å². The van der Waals surface area contributed by atoms with Crippen LogP contribution in [0.2, 0.25) is 0 Å². The summed E-state index contributed by atoms with van der Waals surface area (Å²) in [5, 5.41) is 3.04. The molecule has 9 nitrogen and oxygen atoms in total. The van der Waals surface area contributed by atoms with Crippen LogP contribution >= 0.6 is 7.82 Å². The number of phosphoric acid groups is 1. The zero-order valence-electron chi connectivity index (χ0n) is 52.7. The number of esters is 1. The fourth-order valence-corrected chi connectivity index (χ4v) is 9.31. The van der Waals surface area contributed by atoms with E-state index >= 15 is 0 Å². The van der Waals surface area contributed by atoms with Crippen LogP contribution in [-0.2, 0) is 27.9 Å². The van der Waals surface area contributed by atoms with Crippen LogP contribution in [-0.4, -0.2) is 74.3 Å². The first-order valence-corrected chi connectivity index (χ1v) is 34.0. The minimum atomic E-state index is -4.47. The van der Waals surface area contributed by atoms with Gasteiger partial charge in [0.05, 0.1) is 33.8 Å². The summed E-state index contributed by atoms with van der Waals surface area (Å²) in [6.07, 6.45) is 84.5. The maximum Gasteiger partial charge on any atom is 0.472 e. The summed E-state index contributed by atoms with van der Waals surface area (Å²) in [6, 6.07) is -0.880. The second-order valence-corrected chi connectivity index (χ2v) is 24.0. The zero-order valence-corrected chi connectivity index (χ0v) is 53.6. The lowest BCUT2D eigenvalue weighted by Gasteiger charge is -2.27. The molecule has 0 fully saturated rings. The van der Waals surface area contributed by atoms with Gasteiger partial charge in [-0.3, -0.25) is 18.6 Å². The molecule has 2 N–H and O–H groups in total. The highest BCUT2D eigenvalue weighted by Crippen LogP contribution is 2.43. The SMILES string of the molecule is CC/C=C\C/C=C\C/C=C\C/C=C\C/C=C\C/C=C\CCCCCCC(=O)OC(/C=C/CCCCCCCCCCC)C(COP(=O)(O)OCC[N+](C)(C)C)NC(=O)CCCCCCC/C=C\C/C=C\C/C=C\C/C=C\CCCCC. The molecule has 0 heterocycles. The van der Waals surface area contributed by atoms with Crippen LogP contribution in [0.5, 0.6) is 0 Å². The number of phosphoric ester groups is 1. The van der Waals surface area contributed by atoms with E-state index in [2.05, 4.69) is 148 Å². The highest BCUT2D eigenvalue weighted by Gasteiger charge is 2.30. The monoisotopic (exact) mass is 1150 g/mol. The van der Waals surface area contributed by atoms with Gasteiger partial charge in [0.2, 0.25) is 5.91 Å². The number of nitrogens with one attached hydrogen (secondary N) is 1. The van der Waals surface area contributed by atoms with E-state index in [-0.39, 0.29) is 31.5 Å². The van der Waals surface area contributed by atoms with Crippen LogP contribution in [0, 0.1) is 0 Å². The summed E-state index contributed by atoms with van der Waals surface area (Å²) in [6.45, 7) is 6.82. The van der Waals surface area contributed by atoms with Gasteiger partial charge < -0.3 is 19.4 Å². The van der Waals surface area contributed by atoms with Crippen molar-refractivity contribution in [2.75, 3.05) is 40.9 Å². The Hall–Kier alpha value is -3.85. The number of allylic oxidation sites excluding steroid dienone is 21. The van der Waals surface area contributed by atoms with Gasteiger partial charge in [-0.25, -0.2) is 4.57 Å². The van der Waals surface area contributed by atoms with Crippen molar-refractivity contribution >= 4 is 19.7 Å². The number of amides is 1. The Kier molecular flexibility index (Phi) is 56.5. The quantitative estimate of drug-likeness (QED) is 0.0205. The number of carbonyl (C=O) groups is 2. The molecule has 0 aromatic heterocycles. The summed E-state index contributed by atoms with van der Waals surface area (Å²) in [4.78, 5) is 37.8. The second-order valence-electron chi connectivity index (χ2n) is 22.5. The molecule has 3 unspecified atom stereocenters. The molecule has 81 heavy (non-hydrogen) atoms. The van der Waals surface area contributed by atoms with Gasteiger partial charge in [-0.15, -0.1) is 0 Å².